The zero-order valence-electron chi connectivity index (χ0n) is 13.0. The standard InChI is InChI=1S/C14H29N3OS/c1-6-14(4,5)16-13(18)10-17(9-11(2)3)8-7-12(15)19/h11H,6-10H2,1-5H3,(H2,15,19)(H,16,18). The highest BCUT2D eigenvalue weighted by atomic mass is 32.1. The third-order valence-electron chi connectivity index (χ3n) is 3.03. The Kier molecular flexibility index (Phi) is 8.18. The van der Waals surface area contributed by atoms with Crippen molar-refractivity contribution < 1.29 is 4.79 Å². The first-order valence-electron chi connectivity index (χ1n) is 6.98. The zero-order chi connectivity index (χ0) is 15.1. The van der Waals surface area contributed by atoms with E-state index in [0.29, 0.717) is 23.9 Å². The Labute approximate surface area is 123 Å². The van der Waals surface area contributed by atoms with Crippen molar-refractivity contribution in [1.82, 2.24) is 10.2 Å². The molecule has 0 heterocycles. The van der Waals surface area contributed by atoms with Crippen molar-refractivity contribution in [3.05, 3.63) is 0 Å². The molecule has 4 nitrogen and oxygen atoms in total. The van der Waals surface area contributed by atoms with Gasteiger partial charge >= 0.3 is 0 Å². The first-order valence-corrected chi connectivity index (χ1v) is 7.38. The van der Waals surface area contributed by atoms with Gasteiger partial charge in [-0.2, -0.15) is 0 Å². The van der Waals surface area contributed by atoms with E-state index in [-0.39, 0.29) is 11.4 Å². The van der Waals surface area contributed by atoms with Crippen molar-refractivity contribution in [2.75, 3.05) is 19.6 Å². The van der Waals surface area contributed by atoms with E-state index in [9.17, 15) is 4.79 Å². The number of nitrogens with two attached hydrogens (primary N) is 1. The molecular formula is C14H29N3OS. The van der Waals surface area contributed by atoms with E-state index in [1.807, 2.05) is 13.8 Å². The normalized spacial score (nSPS) is 11.9. The largest absolute Gasteiger partial charge is 0.393 e. The Hall–Kier alpha value is -0.680. The lowest BCUT2D eigenvalue weighted by atomic mass is 10.0. The van der Waals surface area contributed by atoms with Crippen LogP contribution in [0.1, 0.15) is 47.5 Å². The van der Waals surface area contributed by atoms with Gasteiger partial charge in [-0.25, -0.2) is 0 Å². The summed E-state index contributed by atoms with van der Waals surface area (Å²) in [5.74, 6) is 0.578. The molecule has 112 valence electrons. The summed E-state index contributed by atoms with van der Waals surface area (Å²) in [5, 5.41) is 3.05. The summed E-state index contributed by atoms with van der Waals surface area (Å²) in [7, 11) is 0. The fourth-order valence-corrected chi connectivity index (χ4v) is 1.82. The van der Waals surface area contributed by atoms with Crippen LogP contribution in [0.25, 0.3) is 0 Å². The second-order valence-electron chi connectivity index (χ2n) is 6.13. The molecule has 0 radical (unpaired) electrons. The first kappa shape index (κ1) is 18.3. The minimum absolute atomic E-state index is 0.0652. The summed E-state index contributed by atoms with van der Waals surface area (Å²) < 4.78 is 0. The number of nitrogens with zero attached hydrogens (tertiary/aromatic N) is 1. The molecular weight excluding hydrogens is 258 g/mol. The Morgan fingerprint density at radius 3 is 2.42 bits per heavy atom. The summed E-state index contributed by atoms with van der Waals surface area (Å²) in [4.78, 5) is 14.7. The van der Waals surface area contributed by atoms with E-state index in [1.54, 1.807) is 0 Å². The van der Waals surface area contributed by atoms with Gasteiger partial charge in [-0.05, 0) is 26.2 Å². The van der Waals surface area contributed by atoms with E-state index >= 15 is 0 Å². The number of carbonyl (C=O) groups is 1. The van der Waals surface area contributed by atoms with Gasteiger partial charge in [0.05, 0.1) is 11.5 Å². The molecule has 0 aromatic rings. The van der Waals surface area contributed by atoms with E-state index in [1.165, 1.54) is 0 Å². The van der Waals surface area contributed by atoms with E-state index < -0.39 is 0 Å². The fourth-order valence-electron chi connectivity index (χ4n) is 1.73. The molecule has 1 amide bonds. The summed E-state index contributed by atoms with van der Waals surface area (Å²) >= 11 is 4.90. The maximum Gasteiger partial charge on any atom is 0.234 e. The molecule has 3 N–H and O–H groups in total. The number of rotatable bonds is 9. The van der Waals surface area contributed by atoms with E-state index in [4.69, 9.17) is 18.0 Å². The van der Waals surface area contributed by atoms with Crippen LogP contribution in [0.4, 0.5) is 0 Å². The van der Waals surface area contributed by atoms with Gasteiger partial charge < -0.3 is 11.1 Å². The smallest absolute Gasteiger partial charge is 0.234 e. The highest BCUT2D eigenvalue weighted by molar-refractivity contribution is 7.80. The van der Waals surface area contributed by atoms with Crippen LogP contribution in [0.15, 0.2) is 0 Å². The van der Waals surface area contributed by atoms with Crippen LogP contribution in [0, 0.1) is 5.92 Å². The van der Waals surface area contributed by atoms with Gasteiger partial charge in [0.15, 0.2) is 0 Å². The molecule has 0 fully saturated rings. The minimum Gasteiger partial charge on any atom is -0.393 e. The minimum atomic E-state index is -0.149. The summed E-state index contributed by atoms with van der Waals surface area (Å²) in [5.41, 5.74) is 5.38. The highest BCUT2D eigenvalue weighted by Crippen LogP contribution is 2.07. The Morgan fingerprint density at radius 1 is 1.42 bits per heavy atom. The predicted octanol–water partition coefficient (Wildman–Crippen LogP) is 1.93. The average Bonchev–Trinajstić information content (AvgIpc) is 2.24. The van der Waals surface area contributed by atoms with Gasteiger partial charge in [0, 0.05) is 25.0 Å². The van der Waals surface area contributed by atoms with Crippen LogP contribution < -0.4 is 11.1 Å². The maximum absolute atomic E-state index is 12.0. The molecule has 0 aromatic carbocycles. The predicted molar refractivity (Wildman–Crippen MR) is 85.2 cm³/mol. The van der Waals surface area contributed by atoms with E-state index in [0.717, 1.165) is 19.5 Å². The lowest BCUT2D eigenvalue weighted by Crippen LogP contribution is -2.48. The zero-order valence-corrected chi connectivity index (χ0v) is 13.8. The summed E-state index contributed by atoms with van der Waals surface area (Å²) in [6, 6.07) is 0. The molecule has 19 heavy (non-hydrogen) atoms. The van der Waals surface area contributed by atoms with Crippen LogP contribution in [0.2, 0.25) is 0 Å². The van der Waals surface area contributed by atoms with Crippen LogP contribution >= 0.6 is 12.2 Å². The first-order chi connectivity index (χ1) is 8.66. The second-order valence-corrected chi connectivity index (χ2v) is 6.66. The average molecular weight is 287 g/mol. The molecule has 0 bridgehead atoms. The molecule has 5 heteroatoms. The SMILES string of the molecule is CCC(C)(C)NC(=O)CN(CCC(N)=S)CC(C)C. The Balaban J connectivity index is 4.37. The third-order valence-corrected chi connectivity index (χ3v) is 3.23. The lowest BCUT2D eigenvalue weighted by Gasteiger charge is -2.28. The van der Waals surface area contributed by atoms with Crippen molar-refractivity contribution in [2.45, 2.75) is 53.0 Å². The van der Waals surface area contributed by atoms with Gasteiger partial charge in [-0.3, -0.25) is 9.69 Å². The fraction of sp³-hybridized carbons (Fsp3) is 0.857. The van der Waals surface area contributed by atoms with Gasteiger partial charge in [0.2, 0.25) is 5.91 Å². The van der Waals surface area contributed by atoms with Crippen molar-refractivity contribution in [3.63, 3.8) is 0 Å². The molecule has 0 unspecified atom stereocenters. The topological polar surface area (TPSA) is 58.4 Å². The maximum atomic E-state index is 12.0. The highest BCUT2D eigenvalue weighted by Gasteiger charge is 2.20. The Morgan fingerprint density at radius 2 is 2.00 bits per heavy atom. The number of carbonyl (C=O) groups excluding carboxylic acids is 1. The van der Waals surface area contributed by atoms with Gasteiger partial charge in [0.1, 0.15) is 0 Å². The lowest BCUT2D eigenvalue weighted by molar-refractivity contribution is -0.124. The van der Waals surface area contributed by atoms with E-state index in [2.05, 4.69) is 31.0 Å². The second kappa shape index (κ2) is 8.48. The van der Waals surface area contributed by atoms with Crippen LogP contribution in [0.3, 0.4) is 0 Å². The molecule has 0 aromatic heterocycles. The van der Waals surface area contributed by atoms with Crippen molar-refractivity contribution in [1.29, 1.82) is 0 Å². The molecule has 0 saturated heterocycles. The third kappa shape index (κ3) is 9.85. The van der Waals surface area contributed by atoms with Crippen molar-refractivity contribution in [2.24, 2.45) is 11.7 Å². The van der Waals surface area contributed by atoms with Crippen LogP contribution in [-0.2, 0) is 4.79 Å². The van der Waals surface area contributed by atoms with Crippen LogP contribution in [-0.4, -0.2) is 41.0 Å². The van der Waals surface area contributed by atoms with Crippen molar-refractivity contribution in [3.8, 4) is 0 Å². The van der Waals surface area contributed by atoms with Gasteiger partial charge in [-0.15, -0.1) is 0 Å². The number of nitrogens with one attached hydrogen (secondary N) is 1. The van der Waals surface area contributed by atoms with Crippen molar-refractivity contribution >= 4 is 23.1 Å². The number of amides is 1. The molecule has 0 saturated carbocycles. The number of hydrogen-bond acceptors (Lipinski definition) is 3. The number of hydrogen-bond donors (Lipinski definition) is 2. The molecule has 0 aliphatic heterocycles. The molecule has 0 spiro atoms. The van der Waals surface area contributed by atoms with Crippen LogP contribution in [0.5, 0.6) is 0 Å². The molecule has 0 aliphatic carbocycles. The molecule has 0 rings (SSSR count). The molecule has 0 aliphatic rings. The quantitative estimate of drug-likeness (QED) is 0.636. The summed E-state index contributed by atoms with van der Waals surface area (Å²) in [6.07, 6.45) is 1.57. The monoisotopic (exact) mass is 287 g/mol. The van der Waals surface area contributed by atoms with Gasteiger partial charge in [-0.1, -0.05) is 33.0 Å². The van der Waals surface area contributed by atoms with Gasteiger partial charge in [0.25, 0.3) is 0 Å². The number of thiocarbonyl (C=S) groups is 1. The molecule has 0 atom stereocenters. The summed E-state index contributed by atoms with van der Waals surface area (Å²) in [6.45, 7) is 12.4. The Bertz CT molecular complexity index is 303.